The normalized spacial score (nSPS) is 16.2. The van der Waals surface area contributed by atoms with Gasteiger partial charge in [0.2, 0.25) is 0 Å². The molecule has 1 aliphatic rings. The minimum atomic E-state index is -0.457. The molecule has 1 fully saturated rings. The van der Waals surface area contributed by atoms with Crippen molar-refractivity contribution in [1.29, 1.82) is 5.26 Å². The second-order valence-electron chi connectivity index (χ2n) is 7.31. The molecule has 4 rings (SSSR count). The minimum Gasteiger partial charge on any atom is -0.248 e. The average Bonchev–Trinajstić information content (AvgIpc) is 3.51. The lowest BCUT2D eigenvalue weighted by Gasteiger charge is -2.28. The van der Waals surface area contributed by atoms with Crippen LogP contribution in [0.25, 0.3) is 10.9 Å². The molecule has 1 saturated carbocycles. The number of rotatable bonds is 5. The third kappa shape index (κ3) is 3.02. The van der Waals surface area contributed by atoms with E-state index in [1.807, 2.05) is 6.07 Å². The third-order valence-electron chi connectivity index (χ3n) is 5.63. The molecule has 3 aromatic rings. The first kappa shape index (κ1) is 17.2. The Morgan fingerprint density at radius 2 is 1.92 bits per heavy atom. The molecule has 0 spiro atoms. The molecular weight excluding hydrogens is 335 g/mol. The van der Waals surface area contributed by atoms with Crippen molar-refractivity contribution < 1.29 is 0 Å². The molecule has 0 N–H and O–H groups in total. The number of hydrogen-bond acceptors (Lipinski definition) is 2. The van der Waals surface area contributed by atoms with E-state index >= 15 is 0 Å². The first-order chi connectivity index (χ1) is 12.7. The number of aryl methyl sites for hydroxylation is 1. The van der Waals surface area contributed by atoms with Crippen LogP contribution in [0.2, 0.25) is 0 Å². The molecular formula is C23H23N2P. The Kier molecular flexibility index (Phi) is 4.51. The smallest absolute Gasteiger partial charge is 0.0891 e. The number of nitriles is 1. The molecule has 1 aliphatic carbocycles. The van der Waals surface area contributed by atoms with Crippen molar-refractivity contribution in [2.75, 3.05) is 0 Å². The Labute approximate surface area is 157 Å². The largest absolute Gasteiger partial charge is 0.248 e. The molecule has 2 unspecified atom stereocenters. The Bertz CT molecular complexity index is 986. The molecule has 2 atom stereocenters. The summed E-state index contributed by atoms with van der Waals surface area (Å²) in [6.45, 7) is 2.15. The molecule has 0 bridgehead atoms. The molecule has 2 aromatic carbocycles. The molecule has 3 heteroatoms. The van der Waals surface area contributed by atoms with Crippen LogP contribution in [0.15, 0.2) is 54.6 Å². The maximum atomic E-state index is 10.2. The summed E-state index contributed by atoms with van der Waals surface area (Å²) in [6, 6.07) is 21.8. The van der Waals surface area contributed by atoms with Crippen LogP contribution < -0.4 is 5.44 Å². The van der Waals surface area contributed by atoms with Crippen LogP contribution in [-0.2, 0) is 18.3 Å². The molecule has 0 radical (unpaired) electrons. The Hall–Kier alpha value is -2.23. The van der Waals surface area contributed by atoms with Gasteiger partial charge >= 0.3 is 0 Å². The minimum absolute atomic E-state index is 0.440. The second-order valence-corrected chi connectivity index (χ2v) is 7.86. The average molecular weight is 358 g/mol. The molecule has 1 aromatic heterocycles. The van der Waals surface area contributed by atoms with Gasteiger partial charge in [-0.2, -0.15) is 5.26 Å². The van der Waals surface area contributed by atoms with Crippen LogP contribution in [0, 0.1) is 17.2 Å². The van der Waals surface area contributed by atoms with Crippen LogP contribution in [-0.4, -0.2) is 4.98 Å². The van der Waals surface area contributed by atoms with E-state index < -0.39 is 5.41 Å². The van der Waals surface area contributed by atoms with Crippen molar-refractivity contribution in [2.24, 2.45) is 5.92 Å². The number of hydrogen-bond donors (Lipinski definition) is 0. The van der Waals surface area contributed by atoms with Gasteiger partial charge in [0.1, 0.15) is 0 Å². The van der Waals surface area contributed by atoms with E-state index in [2.05, 4.69) is 70.8 Å². The zero-order valence-corrected chi connectivity index (χ0v) is 16.2. The van der Waals surface area contributed by atoms with Gasteiger partial charge in [-0.15, -0.1) is 0 Å². The van der Waals surface area contributed by atoms with Gasteiger partial charge < -0.3 is 0 Å². The van der Waals surface area contributed by atoms with Gasteiger partial charge in [-0.1, -0.05) is 58.6 Å². The molecule has 1 heterocycles. The lowest BCUT2D eigenvalue weighted by molar-refractivity contribution is 0.475. The lowest BCUT2D eigenvalue weighted by Crippen LogP contribution is -2.30. The van der Waals surface area contributed by atoms with Gasteiger partial charge in [-0.05, 0) is 60.4 Å². The Morgan fingerprint density at radius 3 is 2.58 bits per heavy atom. The van der Waals surface area contributed by atoms with E-state index in [1.165, 1.54) is 11.1 Å². The van der Waals surface area contributed by atoms with Gasteiger partial charge in [0.15, 0.2) is 0 Å². The van der Waals surface area contributed by atoms with Crippen molar-refractivity contribution in [3.8, 4) is 6.07 Å². The van der Waals surface area contributed by atoms with Crippen molar-refractivity contribution in [3.05, 3.63) is 71.3 Å². The van der Waals surface area contributed by atoms with Crippen LogP contribution in [0.5, 0.6) is 0 Å². The number of aromatic nitrogens is 1. The predicted molar refractivity (Wildman–Crippen MR) is 111 cm³/mol. The summed E-state index contributed by atoms with van der Waals surface area (Å²) in [5.74, 6) is 0.440. The van der Waals surface area contributed by atoms with Gasteiger partial charge in [-0.25, -0.2) is 4.98 Å². The summed E-state index contributed by atoms with van der Waals surface area (Å²) >= 11 is 0. The molecule has 0 aliphatic heterocycles. The topological polar surface area (TPSA) is 36.7 Å². The summed E-state index contributed by atoms with van der Waals surface area (Å²) in [5, 5.41) is 11.4. The van der Waals surface area contributed by atoms with Crippen molar-refractivity contribution in [1.82, 2.24) is 4.98 Å². The fraction of sp³-hybridized carbons (Fsp3) is 0.304. The monoisotopic (exact) mass is 358 g/mol. The zero-order valence-electron chi connectivity index (χ0n) is 15.1. The summed E-state index contributed by atoms with van der Waals surface area (Å²) in [6.07, 6.45) is 4.01. The highest BCUT2D eigenvalue weighted by molar-refractivity contribution is 7.27. The van der Waals surface area contributed by atoms with E-state index in [0.717, 1.165) is 47.6 Å². The van der Waals surface area contributed by atoms with Crippen molar-refractivity contribution in [2.45, 2.75) is 38.0 Å². The van der Waals surface area contributed by atoms with E-state index in [9.17, 15) is 5.26 Å². The SMILES string of the molecule is CCc1cc2ccc(C(C#N)(Cc3ccccc3)C3CC3)cc2nc1P. The quantitative estimate of drug-likeness (QED) is 0.619. The highest BCUT2D eigenvalue weighted by atomic mass is 31.0. The van der Waals surface area contributed by atoms with Gasteiger partial charge in [0.05, 0.1) is 22.4 Å². The number of nitrogens with zero attached hydrogens (tertiary/aromatic N) is 2. The highest BCUT2D eigenvalue weighted by Gasteiger charge is 2.47. The maximum absolute atomic E-state index is 10.2. The fourth-order valence-corrected chi connectivity index (χ4v) is 4.38. The van der Waals surface area contributed by atoms with Crippen molar-refractivity contribution >= 4 is 25.6 Å². The lowest BCUT2D eigenvalue weighted by atomic mass is 9.72. The van der Waals surface area contributed by atoms with E-state index in [1.54, 1.807) is 0 Å². The fourth-order valence-electron chi connectivity index (χ4n) is 3.96. The summed E-state index contributed by atoms with van der Waals surface area (Å²) in [5.41, 5.74) is 5.13. The maximum Gasteiger partial charge on any atom is 0.0891 e. The standard InChI is InChI=1S/C23H23N2P/c1-2-17-12-18-8-9-20(13-21(18)25-22(17)26)23(15-24,19-10-11-19)14-16-6-4-3-5-7-16/h3-9,12-13,19H,2,10-11,14,26H2,1H3. The van der Waals surface area contributed by atoms with Gasteiger partial charge in [0.25, 0.3) is 0 Å². The highest BCUT2D eigenvalue weighted by Crippen LogP contribution is 2.49. The van der Waals surface area contributed by atoms with Crippen LogP contribution in [0.1, 0.15) is 36.5 Å². The number of benzene rings is 2. The van der Waals surface area contributed by atoms with Crippen molar-refractivity contribution in [3.63, 3.8) is 0 Å². The zero-order chi connectivity index (χ0) is 18.1. The summed E-state index contributed by atoms with van der Waals surface area (Å²) < 4.78 is 0. The third-order valence-corrected chi connectivity index (χ3v) is 6.13. The summed E-state index contributed by atoms with van der Waals surface area (Å²) in [4.78, 5) is 4.80. The second kappa shape index (κ2) is 6.82. The molecule has 2 nitrogen and oxygen atoms in total. The molecule has 130 valence electrons. The number of pyridine rings is 1. The predicted octanol–water partition coefficient (Wildman–Crippen LogP) is 4.71. The Morgan fingerprint density at radius 1 is 1.15 bits per heavy atom. The summed E-state index contributed by atoms with van der Waals surface area (Å²) in [7, 11) is 2.75. The van der Waals surface area contributed by atoms with Gasteiger partial charge in [0, 0.05) is 5.39 Å². The first-order valence-corrected chi connectivity index (χ1v) is 9.89. The molecule has 0 amide bonds. The van der Waals surface area contributed by atoms with Gasteiger partial charge in [-0.3, -0.25) is 0 Å². The van der Waals surface area contributed by atoms with E-state index in [-0.39, 0.29) is 0 Å². The van der Waals surface area contributed by atoms with E-state index in [0.29, 0.717) is 5.92 Å². The molecule has 26 heavy (non-hydrogen) atoms. The molecule has 0 saturated heterocycles. The van der Waals surface area contributed by atoms with Crippen LogP contribution >= 0.6 is 9.24 Å². The van der Waals surface area contributed by atoms with Crippen LogP contribution in [0.4, 0.5) is 0 Å². The van der Waals surface area contributed by atoms with E-state index in [4.69, 9.17) is 4.98 Å². The van der Waals surface area contributed by atoms with Crippen LogP contribution in [0.3, 0.4) is 0 Å². The number of fused-ring (bicyclic) bond motifs is 1. The Balaban J connectivity index is 1.82. The first-order valence-electron chi connectivity index (χ1n) is 9.31.